The SMILES string of the molecule is CN1C(=O)N(C)C(=O)C2(Cc3cc(NC(=S)NCCc4ccccc4)ccc3N3CCCC32)C1=O. The molecule has 0 radical (unpaired) electrons. The van der Waals surface area contributed by atoms with Gasteiger partial charge in [-0.15, -0.1) is 0 Å². The molecule has 4 amide bonds. The first-order valence-corrected chi connectivity index (χ1v) is 12.3. The summed E-state index contributed by atoms with van der Waals surface area (Å²) in [6.07, 6.45) is 2.74. The van der Waals surface area contributed by atoms with Crippen molar-refractivity contribution in [3.63, 3.8) is 0 Å². The maximum Gasteiger partial charge on any atom is 0.332 e. The van der Waals surface area contributed by atoms with Gasteiger partial charge in [-0.3, -0.25) is 19.4 Å². The number of benzene rings is 2. The summed E-state index contributed by atoms with van der Waals surface area (Å²) < 4.78 is 0. The van der Waals surface area contributed by atoms with Gasteiger partial charge in [-0.25, -0.2) is 4.79 Å². The van der Waals surface area contributed by atoms with Crippen LogP contribution in [-0.2, 0) is 22.4 Å². The Morgan fingerprint density at radius 3 is 2.49 bits per heavy atom. The molecule has 182 valence electrons. The lowest BCUT2D eigenvalue weighted by molar-refractivity contribution is -0.159. The largest absolute Gasteiger partial charge is 0.367 e. The smallest absolute Gasteiger partial charge is 0.332 e. The Morgan fingerprint density at radius 1 is 1.06 bits per heavy atom. The van der Waals surface area contributed by atoms with Gasteiger partial charge in [-0.2, -0.15) is 0 Å². The number of nitrogens with one attached hydrogen (secondary N) is 2. The van der Waals surface area contributed by atoms with E-state index in [2.05, 4.69) is 27.7 Å². The molecule has 1 unspecified atom stereocenters. The molecule has 2 N–H and O–H groups in total. The van der Waals surface area contributed by atoms with E-state index in [-0.39, 0.29) is 12.5 Å². The summed E-state index contributed by atoms with van der Waals surface area (Å²) in [5.41, 5.74) is 2.67. The minimum absolute atomic E-state index is 0.257. The summed E-state index contributed by atoms with van der Waals surface area (Å²) >= 11 is 5.49. The molecule has 0 aliphatic carbocycles. The minimum Gasteiger partial charge on any atom is -0.367 e. The number of rotatable bonds is 4. The lowest BCUT2D eigenvalue weighted by Crippen LogP contribution is -2.70. The van der Waals surface area contributed by atoms with E-state index in [1.54, 1.807) is 0 Å². The number of imide groups is 2. The second-order valence-electron chi connectivity index (χ2n) is 9.47. The maximum atomic E-state index is 13.5. The number of amides is 4. The molecule has 2 fully saturated rings. The highest BCUT2D eigenvalue weighted by atomic mass is 32.1. The van der Waals surface area contributed by atoms with Crippen molar-refractivity contribution in [3.05, 3.63) is 59.7 Å². The van der Waals surface area contributed by atoms with Gasteiger partial charge in [0.05, 0.1) is 6.04 Å². The van der Waals surface area contributed by atoms with Crippen molar-refractivity contribution >= 4 is 46.6 Å². The fourth-order valence-electron chi connectivity index (χ4n) is 5.74. The Bertz CT molecular complexity index is 1180. The molecule has 5 rings (SSSR count). The first-order chi connectivity index (χ1) is 16.8. The molecule has 9 heteroatoms. The Hall–Kier alpha value is -3.46. The average molecular weight is 492 g/mol. The summed E-state index contributed by atoms with van der Waals surface area (Å²) in [6.45, 7) is 1.47. The van der Waals surface area contributed by atoms with Gasteiger partial charge in [0.2, 0.25) is 11.8 Å². The number of carbonyl (C=O) groups excluding carboxylic acids is 3. The fourth-order valence-corrected chi connectivity index (χ4v) is 5.96. The zero-order chi connectivity index (χ0) is 24.7. The zero-order valence-corrected chi connectivity index (χ0v) is 20.7. The van der Waals surface area contributed by atoms with Crippen LogP contribution in [0.3, 0.4) is 0 Å². The number of urea groups is 1. The van der Waals surface area contributed by atoms with Crippen LogP contribution in [0.2, 0.25) is 0 Å². The Labute approximate surface area is 210 Å². The molecule has 3 aliphatic heterocycles. The van der Waals surface area contributed by atoms with Crippen LogP contribution in [0.5, 0.6) is 0 Å². The van der Waals surface area contributed by atoms with Crippen molar-refractivity contribution in [1.82, 2.24) is 15.1 Å². The van der Waals surface area contributed by atoms with Crippen LogP contribution in [0, 0.1) is 5.41 Å². The Kier molecular flexibility index (Phi) is 5.96. The zero-order valence-electron chi connectivity index (χ0n) is 19.9. The van der Waals surface area contributed by atoms with Crippen LogP contribution in [0.4, 0.5) is 16.2 Å². The number of carbonyl (C=O) groups is 3. The first kappa shape index (κ1) is 23.3. The molecule has 2 saturated heterocycles. The number of anilines is 2. The molecule has 2 aromatic carbocycles. The highest BCUT2D eigenvalue weighted by Gasteiger charge is 2.63. The van der Waals surface area contributed by atoms with E-state index >= 15 is 0 Å². The second kappa shape index (κ2) is 8.96. The topological polar surface area (TPSA) is 85.0 Å². The molecule has 3 heterocycles. The van der Waals surface area contributed by atoms with E-state index in [9.17, 15) is 14.4 Å². The molecule has 1 atom stereocenters. The molecule has 0 bridgehead atoms. The normalized spacial score (nSPS) is 20.7. The van der Waals surface area contributed by atoms with Crippen LogP contribution in [0.15, 0.2) is 48.5 Å². The fraction of sp³-hybridized carbons (Fsp3) is 0.385. The second-order valence-corrected chi connectivity index (χ2v) is 9.88. The highest BCUT2D eigenvalue weighted by molar-refractivity contribution is 7.80. The standard InChI is InChI=1S/C26H29N5O3S/c1-29-22(32)26(23(33)30(2)25(29)34)16-18-15-19(10-11-20(18)31-14-6-9-21(26)31)28-24(35)27-13-12-17-7-4-3-5-8-17/h3-5,7-8,10-11,15,21H,6,9,12-14,16H2,1-2H3,(H2,27,28,35). The molecule has 0 saturated carbocycles. The maximum absolute atomic E-state index is 13.5. The Balaban J connectivity index is 1.37. The number of barbiturate groups is 1. The third-order valence-corrected chi connectivity index (χ3v) is 7.67. The van der Waals surface area contributed by atoms with Crippen LogP contribution in [0.25, 0.3) is 0 Å². The first-order valence-electron chi connectivity index (χ1n) is 11.9. The average Bonchev–Trinajstić information content (AvgIpc) is 3.36. The van der Waals surface area contributed by atoms with Crippen molar-refractivity contribution in [3.8, 4) is 0 Å². The van der Waals surface area contributed by atoms with Crippen LogP contribution < -0.4 is 15.5 Å². The molecular formula is C26H29N5O3S. The van der Waals surface area contributed by atoms with Crippen LogP contribution >= 0.6 is 12.2 Å². The monoisotopic (exact) mass is 491 g/mol. The summed E-state index contributed by atoms with van der Waals surface area (Å²) in [7, 11) is 2.92. The van der Waals surface area contributed by atoms with Gasteiger partial charge in [-0.05, 0) is 67.2 Å². The summed E-state index contributed by atoms with van der Waals surface area (Å²) in [4.78, 5) is 43.8. The molecular weight excluding hydrogens is 462 g/mol. The minimum atomic E-state index is -1.30. The molecule has 35 heavy (non-hydrogen) atoms. The molecule has 2 aromatic rings. The van der Waals surface area contributed by atoms with E-state index in [1.165, 1.54) is 19.7 Å². The van der Waals surface area contributed by atoms with E-state index in [0.717, 1.165) is 52.5 Å². The molecule has 8 nitrogen and oxygen atoms in total. The Morgan fingerprint density at radius 2 is 1.77 bits per heavy atom. The molecule has 3 aliphatic rings. The van der Waals surface area contributed by atoms with Crippen molar-refractivity contribution in [2.24, 2.45) is 5.41 Å². The lowest BCUT2D eigenvalue weighted by Gasteiger charge is -2.50. The molecule has 0 aromatic heterocycles. The van der Waals surface area contributed by atoms with Gasteiger partial charge in [0.1, 0.15) is 0 Å². The van der Waals surface area contributed by atoms with Gasteiger partial charge in [0, 0.05) is 38.6 Å². The number of fused-ring (bicyclic) bond motifs is 4. The number of thiocarbonyl (C=S) groups is 1. The van der Waals surface area contributed by atoms with Gasteiger partial charge in [0.15, 0.2) is 10.5 Å². The van der Waals surface area contributed by atoms with E-state index in [1.807, 2.05) is 36.4 Å². The van der Waals surface area contributed by atoms with E-state index < -0.39 is 23.3 Å². The van der Waals surface area contributed by atoms with Crippen LogP contribution in [0.1, 0.15) is 24.0 Å². The van der Waals surface area contributed by atoms with Gasteiger partial charge < -0.3 is 15.5 Å². The third kappa shape index (κ3) is 3.83. The van der Waals surface area contributed by atoms with E-state index in [4.69, 9.17) is 12.2 Å². The number of hydrogen-bond donors (Lipinski definition) is 2. The van der Waals surface area contributed by atoms with Gasteiger partial charge in [-0.1, -0.05) is 30.3 Å². The van der Waals surface area contributed by atoms with Gasteiger partial charge in [0.25, 0.3) is 0 Å². The summed E-state index contributed by atoms with van der Waals surface area (Å²) in [6, 6.07) is 15.3. The van der Waals surface area contributed by atoms with Crippen molar-refractivity contribution in [2.75, 3.05) is 37.4 Å². The van der Waals surface area contributed by atoms with Crippen molar-refractivity contribution < 1.29 is 14.4 Å². The number of hydrogen-bond acceptors (Lipinski definition) is 5. The van der Waals surface area contributed by atoms with Gasteiger partial charge >= 0.3 is 6.03 Å². The summed E-state index contributed by atoms with van der Waals surface area (Å²) in [5, 5.41) is 6.98. The van der Waals surface area contributed by atoms with E-state index in [0.29, 0.717) is 11.7 Å². The number of nitrogens with zero attached hydrogens (tertiary/aromatic N) is 3. The molecule has 1 spiro atoms. The summed E-state index contributed by atoms with van der Waals surface area (Å²) in [5.74, 6) is -0.825. The quantitative estimate of drug-likeness (QED) is 0.503. The predicted molar refractivity (Wildman–Crippen MR) is 138 cm³/mol. The van der Waals surface area contributed by atoms with Crippen LogP contribution in [-0.4, -0.2) is 66.0 Å². The van der Waals surface area contributed by atoms with Crippen molar-refractivity contribution in [1.29, 1.82) is 0 Å². The highest BCUT2D eigenvalue weighted by Crippen LogP contribution is 2.49. The third-order valence-electron chi connectivity index (χ3n) is 7.43. The van der Waals surface area contributed by atoms with Crippen molar-refractivity contribution in [2.45, 2.75) is 31.7 Å². The predicted octanol–water partition coefficient (Wildman–Crippen LogP) is 2.78. The lowest BCUT2D eigenvalue weighted by atomic mass is 9.68.